The van der Waals surface area contributed by atoms with Crippen LogP contribution in [-0.2, 0) is 19.6 Å². The minimum absolute atomic E-state index is 0.0248. The van der Waals surface area contributed by atoms with Gasteiger partial charge in [0.2, 0.25) is 0 Å². The Bertz CT molecular complexity index is 883. The molecule has 0 bridgehead atoms. The van der Waals surface area contributed by atoms with E-state index in [1.165, 1.54) is 12.1 Å². The second kappa shape index (κ2) is 8.99. The summed E-state index contributed by atoms with van der Waals surface area (Å²) in [5.41, 5.74) is 1.40. The number of hydrogen-bond donors (Lipinski definition) is 1. The van der Waals surface area contributed by atoms with Crippen molar-refractivity contribution in [3.8, 4) is 0 Å². The molecule has 144 valence electrons. The van der Waals surface area contributed by atoms with E-state index < -0.39 is 27.3 Å². The van der Waals surface area contributed by atoms with Crippen molar-refractivity contribution in [3.05, 3.63) is 75.8 Å². The van der Waals surface area contributed by atoms with Gasteiger partial charge in [-0.2, -0.15) is 0 Å². The summed E-state index contributed by atoms with van der Waals surface area (Å²) >= 11 is 0. The quantitative estimate of drug-likeness (QED) is 0.539. The summed E-state index contributed by atoms with van der Waals surface area (Å²) in [7, 11) is -4.06. The highest BCUT2D eigenvalue weighted by atomic mass is 32.2. The van der Waals surface area contributed by atoms with Gasteiger partial charge in [0, 0.05) is 6.42 Å². The molecule has 1 unspecified atom stereocenters. The molecule has 0 aliphatic heterocycles. The van der Waals surface area contributed by atoms with Crippen LogP contribution in [0.15, 0.2) is 59.5 Å². The largest absolute Gasteiger partial charge is 0.449 e. The normalized spacial score (nSPS) is 12.0. The van der Waals surface area contributed by atoms with Crippen molar-refractivity contribution in [1.82, 2.24) is 4.72 Å². The number of amides is 1. The standard InChI is InChI=1S/C17H18N2O7S/c1-13-7-9-15(10-8-13)27(23,24)18-17(20)25-12-11-16(26-19(21)22)14-5-3-2-4-6-14/h2-10,16H,11-12H2,1H3,(H,18,20). The predicted molar refractivity (Wildman–Crippen MR) is 94.7 cm³/mol. The average molecular weight is 394 g/mol. The Morgan fingerprint density at radius 1 is 1.15 bits per heavy atom. The molecule has 0 radical (unpaired) electrons. The molecule has 0 heterocycles. The monoisotopic (exact) mass is 394 g/mol. The molecule has 0 aromatic heterocycles. The molecule has 1 N–H and O–H groups in total. The van der Waals surface area contributed by atoms with Crippen LogP contribution in [0.1, 0.15) is 23.7 Å². The number of ether oxygens (including phenoxy) is 1. The highest BCUT2D eigenvalue weighted by molar-refractivity contribution is 7.90. The third-order valence-electron chi connectivity index (χ3n) is 3.55. The molecule has 9 nitrogen and oxygen atoms in total. The predicted octanol–water partition coefficient (Wildman–Crippen LogP) is 2.75. The molecule has 10 heteroatoms. The first kappa shape index (κ1) is 20.2. The van der Waals surface area contributed by atoms with Crippen molar-refractivity contribution in [2.24, 2.45) is 0 Å². The lowest BCUT2D eigenvalue weighted by Gasteiger charge is -2.15. The first-order chi connectivity index (χ1) is 12.8. The van der Waals surface area contributed by atoms with Crippen LogP contribution < -0.4 is 4.72 Å². The van der Waals surface area contributed by atoms with Gasteiger partial charge in [-0.05, 0) is 24.6 Å². The summed E-state index contributed by atoms with van der Waals surface area (Å²) in [5.74, 6) is 0. The van der Waals surface area contributed by atoms with Gasteiger partial charge in [-0.15, -0.1) is 10.1 Å². The number of benzene rings is 2. The van der Waals surface area contributed by atoms with Gasteiger partial charge < -0.3 is 9.57 Å². The van der Waals surface area contributed by atoms with Crippen LogP contribution in [0, 0.1) is 17.0 Å². The van der Waals surface area contributed by atoms with E-state index in [0.29, 0.717) is 5.56 Å². The first-order valence-electron chi connectivity index (χ1n) is 7.90. The summed E-state index contributed by atoms with van der Waals surface area (Å²) in [6.07, 6.45) is -2.14. The van der Waals surface area contributed by atoms with E-state index in [4.69, 9.17) is 4.74 Å². The van der Waals surface area contributed by atoms with Crippen LogP contribution in [0.3, 0.4) is 0 Å². The van der Waals surface area contributed by atoms with Crippen molar-refractivity contribution >= 4 is 16.1 Å². The molecule has 0 fully saturated rings. The van der Waals surface area contributed by atoms with Gasteiger partial charge in [-0.1, -0.05) is 48.0 Å². The van der Waals surface area contributed by atoms with Gasteiger partial charge in [0.1, 0.15) is 6.10 Å². The molecule has 0 aliphatic carbocycles. The Labute approximate surface area is 156 Å². The number of aryl methyl sites for hydroxylation is 1. The number of carbonyl (C=O) groups is 1. The zero-order chi connectivity index (χ0) is 19.9. The van der Waals surface area contributed by atoms with E-state index in [1.807, 2.05) is 0 Å². The zero-order valence-electron chi connectivity index (χ0n) is 14.4. The van der Waals surface area contributed by atoms with Gasteiger partial charge in [-0.25, -0.2) is 17.9 Å². The number of sulfonamides is 1. The van der Waals surface area contributed by atoms with Crippen LogP contribution in [-0.4, -0.2) is 26.2 Å². The maximum atomic E-state index is 12.1. The van der Waals surface area contributed by atoms with E-state index in [-0.39, 0.29) is 17.9 Å². The van der Waals surface area contributed by atoms with Crippen molar-refractivity contribution in [2.45, 2.75) is 24.3 Å². The lowest BCUT2D eigenvalue weighted by Crippen LogP contribution is -2.31. The van der Waals surface area contributed by atoms with Gasteiger partial charge >= 0.3 is 6.09 Å². The molecular weight excluding hydrogens is 376 g/mol. The minimum Gasteiger partial charge on any atom is -0.449 e. The molecule has 2 aromatic rings. The molecule has 2 aromatic carbocycles. The summed E-state index contributed by atoms with van der Waals surface area (Å²) in [6, 6.07) is 14.3. The lowest BCUT2D eigenvalue weighted by atomic mass is 10.1. The van der Waals surface area contributed by atoms with Crippen molar-refractivity contribution in [3.63, 3.8) is 0 Å². The van der Waals surface area contributed by atoms with Crippen LogP contribution >= 0.6 is 0 Å². The smallest absolute Gasteiger partial charge is 0.421 e. The van der Waals surface area contributed by atoms with Crippen molar-refractivity contribution in [2.75, 3.05) is 6.61 Å². The van der Waals surface area contributed by atoms with Crippen molar-refractivity contribution in [1.29, 1.82) is 0 Å². The molecule has 1 amide bonds. The van der Waals surface area contributed by atoms with Gasteiger partial charge in [0.05, 0.1) is 11.5 Å². The SMILES string of the molecule is Cc1ccc(S(=O)(=O)NC(=O)OCCC(O[N+](=O)[O-])c2ccccc2)cc1. The van der Waals surface area contributed by atoms with E-state index in [9.17, 15) is 23.3 Å². The highest BCUT2D eigenvalue weighted by Gasteiger charge is 2.20. The van der Waals surface area contributed by atoms with Crippen LogP contribution in [0.4, 0.5) is 4.79 Å². The molecule has 1 atom stereocenters. The summed E-state index contributed by atoms with van der Waals surface area (Å²) in [5, 5.41) is 9.70. The Balaban J connectivity index is 1.92. The summed E-state index contributed by atoms with van der Waals surface area (Å²) < 4.78 is 30.8. The average Bonchev–Trinajstić information content (AvgIpc) is 2.61. The fourth-order valence-electron chi connectivity index (χ4n) is 2.23. The Morgan fingerprint density at radius 2 is 1.78 bits per heavy atom. The third kappa shape index (κ3) is 6.26. The van der Waals surface area contributed by atoms with Gasteiger partial charge in [0.15, 0.2) is 0 Å². The Kier molecular flexibility index (Phi) is 6.72. The van der Waals surface area contributed by atoms with Gasteiger partial charge in [0.25, 0.3) is 15.1 Å². The fourth-order valence-corrected chi connectivity index (χ4v) is 3.12. The number of carbonyl (C=O) groups excluding carboxylic acids is 1. The number of rotatable bonds is 8. The molecule has 0 saturated heterocycles. The van der Waals surface area contributed by atoms with Crippen LogP contribution in [0.2, 0.25) is 0 Å². The molecular formula is C17H18N2O7S. The molecule has 27 heavy (non-hydrogen) atoms. The second-order valence-electron chi connectivity index (χ2n) is 5.57. The Morgan fingerprint density at radius 3 is 2.37 bits per heavy atom. The number of hydrogen-bond acceptors (Lipinski definition) is 7. The lowest BCUT2D eigenvalue weighted by molar-refractivity contribution is -0.771. The minimum atomic E-state index is -4.06. The van der Waals surface area contributed by atoms with E-state index in [0.717, 1.165) is 5.56 Å². The fraction of sp³-hybridized carbons (Fsp3) is 0.235. The molecule has 0 saturated carbocycles. The van der Waals surface area contributed by atoms with Crippen LogP contribution in [0.25, 0.3) is 0 Å². The van der Waals surface area contributed by atoms with E-state index in [1.54, 1.807) is 54.1 Å². The zero-order valence-corrected chi connectivity index (χ0v) is 15.2. The first-order valence-corrected chi connectivity index (χ1v) is 9.38. The maximum Gasteiger partial charge on any atom is 0.421 e. The van der Waals surface area contributed by atoms with Crippen LogP contribution in [0.5, 0.6) is 0 Å². The van der Waals surface area contributed by atoms with Crippen molar-refractivity contribution < 1.29 is 27.9 Å². The number of nitrogens with zero attached hydrogens (tertiary/aromatic N) is 1. The Hall–Kier alpha value is -3.14. The van der Waals surface area contributed by atoms with Gasteiger partial charge in [-0.3, -0.25) is 0 Å². The summed E-state index contributed by atoms with van der Waals surface area (Å²) in [4.78, 5) is 26.9. The summed E-state index contributed by atoms with van der Waals surface area (Å²) in [6.45, 7) is 1.52. The maximum absolute atomic E-state index is 12.1. The highest BCUT2D eigenvalue weighted by Crippen LogP contribution is 2.21. The third-order valence-corrected chi connectivity index (χ3v) is 4.88. The second-order valence-corrected chi connectivity index (χ2v) is 7.25. The molecule has 0 aliphatic rings. The molecule has 0 spiro atoms. The van der Waals surface area contributed by atoms with E-state index >= 15 is 0 Å². The van der Waals surface area contributed by atoms with E-state index in [2.05, 4.69) is 4.84 Å². The number of nitrogens with one attached hydrogen (secondary N) is 1. The molecule has 2 rings (SSSR count). The topological polar surface area (TPSA) is 125 Å².